The van der Waals surface area contributed by atoms with Crippen LogP contribution in [0.4, 0.5) is 10.5 Å². The Kier molecular flexibility index (Phi) is 6.34. The molecule has 0 bridgehead atoms. The maximum absolute atomic E-state index is 12.8. The number of hydrogen-bond donors (Lipinski definition) is 2. The van der Waals surface area contributed by atoms with Gasteiger partial charge in [-0.1, -0.05) is 17.7 Å². The SMILES string of the molecule is O=C(CN1C(=O)S/C(=C\c2cccn2-c2cccc(C(=O)O)c2)C1=O)Nc1ccc(Cl)cc1. The number of anilines is 1. The fourth-order valence-electron chi connectivity index (χ4n) is 3.18. The number of imide groups is 1. The van der Waals surface area contributed by atoms with Crippen molar-refractivity contribution in [1.82, 2.24) is 9.47 Å². The molecule has 1 aliphatic rings. The topological polar surface area (TPSA) is 109 Å². The van der Waals surface area contributed by atoms with E-state index < -0.39 is 29.6 Å². The van der Waals surface area contributed by atoms with Crippen LogP contribution in [0.5, 0.6) is 0 Å². The van der Waals surface area contributed by atoms with Crippen LogP contribution >= 0.6 is 23.4 Å². The molecule has 166 valence electrons. The number of aromatic nitrogens is 1. The second-order valence-corrected chi connectivity index (χ2v) is 8.41. The van der Waals surface area contributed by atoms with Crippen molar-refractivity contribution < 1.29 is 24.3 Å². The van der Waals surface area contributed by atoms with E-state index in [1.807, 2.05) is 0 Å². The highest BCUT2D eigenvalue weighted by Gasteiger charge is 2.36. The minimum Gasteiger partial charge on any atom is -0.478 e. The molecule has 0 radical (unpaired) electrons. The summed E-state index contributed by atoms with van der Waals surface area (Å²) >= 11 is 6.56. The van der Waals surface area contributed by atoms with Crippen molar-refractivity contribution in [1.29, 1.82) is 0 Å². The summed E-state index contributed by atoms with van der Waals surface area (Å²) in [5.74, 6) is -2.15. The average molecular weight is 482 g/mol. The molecule has 2 aromatic carbocycles. The molecule has 1 aromatic heterocycles. The minimum absolute atomic E-state index is 0.124. The van der Waals surface area contributed by atoms with Gasteiger partial charge in [0.25, 0.3) is 11.1 Å². The Morgan fingerprint density at radius 1 is 1.06 bits per heavy atom. The van der Waals surface area contributed by atoms with Crippen LogP contribution in [0.1, 0.15) is 16.1 Å². The molecule has 3 aromatic rings. The fourth-order valence-corrected chi connectivity index (χ4v) is 4.13. The van der Waals surface area contributed by atoms with Crippen LogP contribution in [0.15, 0.2) is 71.8 Å². The molecule has 0 spiro atoms. The first-order valence-electron chi connectivity index (χ1n) is 9.64. The zero-order chi connectivity index (χ0) is 23.5. The van der Waals surface area contributed by atoms with E-state index in [1.54, 1.807) is 59.3 Å². The Labute approximate surface area is 197 Å². The number of carbonyl (C=O) groups excluding carboxylic acids is 3. The van der Waals surface area contributed by atoms with E-state index in [4.69, 9.17) is 11.6 Å². The van der Waals surface area contributed by atoms with Crippen molar-refractivity contribution >= 4 is 58.1 Å². The number of carboxylic acids is 1. The second-order valence-electron chi connectivity index (χ2n) is 6.98. The lowest BCUT2D eigenvalue weighted by molar-refractivity contribution is -0.127. The van der Waals surface area contributed by atoms with Crippen molar-refractivity contribution in [2.75, 3.05) is 11.9 Å². The van der Waals surface area contributed by atoms with Crippen LogP contribution < -0.4 is 5.32 Å². The van der Waals surface area contributed by atoms with Crippen molar-refractivity contribution in [3.63, 3.8) is 0 Å². The third kappa shape index (κ3) is 5.00. The summed E-state index contributed by atoms with van der Waals surface area (Å²) in [6, 6.07) is 16.3. The molecule has 0 aliphatic carbocycles. The highest BCUT2D eigenvalue weighted by Crippen LogP contribution is 2.32. The molecule has 4 rings (SSSR count). The lowest BCUT2D eigenvalue weighted by Gasteiger charge is -2.12. The van der Waals surface area contributed by atoms with Crippen molar-refractivity contribution in [3.05, 3.63) is 88.0 Å². The Hall–Kier alpha value is -3.82. The van der Waals surface area contributed by atoms with Crippen LogP contribution in [-0.2, 0) is 9.59 Å². The minimum atomic E-state index is -1.05. The second kappa shape index (κ2) is 9.35. The molecular formula is C23H16ClN3O5S. The summed E-state index contributed by atoms with van der Waals surface area (Å²) in [5.41, 5.74) is 1.79. The maximum Gasteiger partial charge on any atom is 0.335 e. The Morgan fingerprint density at radius 2 is 1.82 bits per heavy atom. The number of nitrogens with zero attached hydrogens (tertiary/aromatic N) is 2. The first kappa shape index (κ1) is 22.4. The predicted octanol–water partition coefficient (Wildman–Crippen LogP) is 4.50. The van der Waals surface area contributed by atoms with Gasteiger partial charge in [0, 0.05) is 28.3 Å². The number of hydrogen-bond acceptors (Lipinski definition) is 5. The number of amides is 3. The number of nitrogens with one attached hydrogen (secondary N) is 1. The van der Waals surface area contributed by atoms with Gasteiger partial charge in [0.05, 0.1) is 10.5 Å². The average Bonchev–Trinajstić information content (AvgIpc) is 3.35. The lowest BCUT2D eigenvalue weighted by Crippen LogP contribution is -2.36. The van der Waals surface area contributed by atoms with Gasteiger partial charge in [-0.15, -0.1) is 0 Å². The van der Waals surface area contributed by atoms with E-state index in [9.17, 15) is 24.3 Å². The zero-order valence-electron chi connectivity index (χ0n) is 16.9. The molecule has 0 atom stereocenters. The molecule has 1 fully saturated rings. The van der Waals surface area contributed by atoms with Crippen LogP contribution in [0.25, 0.3) is 11.8 Å². The van der Waals surface area contributed by atoms with E-state index >= 15 is 0 Å². The van der Waals surface area contributed by atoms with Crippen LogP contribution in [0, 0.1) is 0 Å². The molecule has 1 aliphatic heterocycles. The fraction of sp³-hybridized carbons (Fsp3) is 0.0435. The third-order valence-electron chi connectivity index (χ3n) is 4.73. The summed E-state index contributed by atoms with van der Waals surface area (Å²) in [7, 11) is 0. The summed E-state index contributed by atoms with van der Waals surface area (Å²) < 4.78 is 1.70. The summed E-state index contributed by atoms with van der Waals surface area (Å²) in [6.07, 6.45) is 3.26. The van der Waals surface area contributed by atoms with Crippen LogP contribution in [-0.4, -0.2) is 44.1 Å². The molecule has 0 unspecified atom stereocenters. The molecule has 2 N–H and O–H groups in total. The van der Waals surface area contributed by atoms with Gasteiger partial charge in [0.15, 0.2) is 0 Å². The third-order valence-corrected chi connectivity index (χ3v) is 5.89. The van der Waals surface area contributed by atoms with Crippen LogP contribution in [0.3, 0.4) is 0 Å². The molecule has 33 heavy (non-hydrogen) atoms. The van der Waals surface area contributed by atoms with E-state index in [0.717, 1.165) is 16.7 Å². The number of rotatable bonds is 6. The van der Waals surface area contributed by atoms with Gasteiger partial charge in [0.1, 0.15) is 6.54 Å². The van der Waals surface area contributed by atoms with Gasteiger partial charge >= 0.3 is 5.97 Å². The normalized spacial score (nSPS) is 14.7. The van der Waals surface area contributed by atoms with Crippen LogP contribution in [0.2, 0.25) is 5.02 Å². The van der Waals surface area contributed by atoms with Gasteiger partial charge in [-0.2, -0.15) is 0 Å². The number of carboxylic acid groups (broad SMARTS) is 1. The molecule has 2 heterocycles. The van der Waals surface area contributed by atoms with Gasteiger partial charge in [-0.25, -0.2) is 4.79 Å². The number of halogens is 1. The van der Waals surface area contributed by atoms with Crippen molar-refractivity contribution in [2.45, 2.75) is 0 Å². The van der Waals surface area contributed by atoms with E-state index in [0.29, 0.717) is 22.1 Å². The predicted molar refractivity (Wildman–Crippen MR) is 125 cm³/mol. The smallest absolute Gasteiger partial charge is 0.335 e. The molecule has 0 saturated carbocycles. The molecule has 3 amide bonds. The molecular weight excluding hydrogens is 466 g/mol. The summed E-state index contributed by atoms with van der Waals surface area (Å²) in [6.45, 7) is -0.424. The number of thioether (sulfide) groups is 1. The monoisotopic (exact) mass is 481 g/mol. The largest absolute Gasteiger partial charge is 0.478 e. The van der Waals surface area contributed by atoms with E-state index in [2.05, 4.69) is 5.32 Å². The standard InChI is InChI=1S/C23H16ClN3O5S/c24-15-6-8-16(9-7-15)25-20(28)13-27-21(29)19(33-23(27)32)12-18-5-2-10-26(18)17-4-1-3-14(11-17)22(30)31/h1-12H,13H2,(H,25,28)(H,30,31)/b19-12-. The number of aromatic carboxylic acids is 1. The van der Waals surface area contributed by atoms with Gasteiger partial charge in [0.2, 0.25) is 5.91 Å². The summed E-state index contributed by atoms with van der Waals surface area (Å²) in [5, 5.41) is 11.8. The quantitative estimate of drug-likeness (QED) is 0.502. The van der Waals surface area contributed by atoms with Gasteiger partial charge in [-0.05, 0) is 72.4 Å². The van der Waals surface area contributed by atoms with E-state index in [-0.39, 0.29) is 10.5 Å². The van der Waals surface area contributed by atoms with Gasteiger partial charge < -0.3 is 15.0 Å². The first-order valence-corrected chi connectivity index (χ1v) is 10.8. The first-order chi connectivity index (χ1) is 15.8. The van der Waals surface area contributed by atoms with Gasteiger partial charge in [-0.3, -0.25) is 19.3 Å². The molecule has 1 saturated heterocycles. The number of benzene rings is 2. The Bertz CT molecular complexity index is 1300. The Balaban J connectivity index is 1.51. The lowest BCUT2D eigenvalue weighted by atomic mass is 10.2. The Morgan fingerprint density at radius 3 is 2.55 bits per heavy atom. The summed E-state index contributed by atoms with van der Waals surface area (Å²) in [4.78, 5) is 49.8. The van der Waals surface area contributed by atoms with Crippen molar-refractivity contribution in [3.8, 4) is 5.69 Å². The maximum atomic E-state index is 12.8. The highest BCUT2D eigenvalue weighted by molar-refractivity contribution is 8.18. The number of carbonyl (C=O) groups is 4. The van der Waals surface area contributed by atoms with Crippen molar-refractivity contribution in [2.24, 2.45) is 0 Å². The van der Waals surface area contributed by atoms with E-state index in [1.165, 1.54) is 18.2 Å². The highest BCUT2D eigenvalue weighted by atomic mass is 35.5. The zero-order valence-corrected chi connectivity index (χ0v) is 18.5. The molecule has 10 heteroatoms. The molecule has 8 nitrogen and oxygen atoms in total.